The van der Waals surface area contributed by atoms with Gasteiger partial charge in [0.25, 0.3) is 5.56 Å². The number of fused-ring (bicyclic) bond motifs is 1. The summed E-state index contributed by atoms with van der Waals surface area (Å²) in [6.07, 6.45) is 1.53. The van der Waals surface area contributed by atoms with E-state index in [2.05, 4.69) is 10.1 Å². The highest BCUT2D eigenvalue weighted by molar-refractivity contribution is 5.91. The largest absolute Gasteiger partial charge is 0.493 e. The maximum Gasteiger partial charge on any atom is 0.343 e. The summed E-state index contributed by atoms with van der Waals surface area (Å²) < 4.78 is 12.1. The number of esters is 1. The van der Waals surface area contributed by atoms with E-state index in [-0.39, 0.29) is 11.3 Å². The molecular formula is C25H21N3O4. The number of carbonyl (C=O) groups excluding carboxylic acids is 1. The lowest BCUT2D eigenvalue weighted by Crippen LogP contribution is -2.20. The zero-order valence-corrected chi connectivity index (χ0v) is 17.9. The minimum Gasteiger partial charge on any atom is -0.493 e. The Hall–Kier alpha value is -4.26. The second-order valence-electron chi connectivity index (χ2n) is 7.21. The molecule has 0 fully saturated rings. The van der Waals surface area contributed by atoms with Crippen molar-refractivity contribution in [3.63, 3.8) is 0 Å². The second-order valence-corrected chi connectivity index (χ2v) is 7.21. The number of aromatic nitrogens is 2. The van der Waals surface area contributed by atoms with E-state index in [0.29, 0.717) is 33.6 Å². The molecule has 0 spiro atoms. The van der Waals surface area contributed by atoms with Crippen molar-refractivity contribution in [1.82, 2.24) is 9.66 Å². The zero-order valence-electron chi connectivity index (χ0n) is 17.9. The molecule has 0 N–H and O–H groups in total. The van der Waals surface area contributed by atoms with Crippen LogP contribution >= 0.6 is 0 Å². The summed E-state index contributed by atoms with van der Waals surface area (Å²) in [5.74, 6) is 0.658. The van der Waals surface area contributed by atoms with Gasteiger partial charge in [-0.05, 0) is 61.9 Å². The molecule has 0 bridgehead atoms. The van der Waals surface area contributed by atoms with Crippen molar-refractivity contribution < 1.29 is 14.3 Å². The predicted octanol–water partition coefficient (Wildman–Crippen LogP) is 4.12. The quantitative estimate of drug-likeness (QED) is 0.272. The van der Waals surface area contributed by atoms with Gasteiger partial charge in [-0.2, -0.15) is 9.78 Å². The van der Waals surface area contributed by atoms with Crippen molar-refractivity contribution in [2.24, 2.45) is 5.10 Å². The van der Waals surface area contributed by atoms with Crippen molar-refractivity contribution in [2.75, 3.05) is 7.11 Å². The summed E-state index contributed by atoms with van der Waals surface area (Å²) in [5, 5.41) is 4.79. The predicted molar refractivity (Wildman–Crippen MR) is 123 cm³/mol. The van der Waals surface area contributed by atoms with Crippen LogP contribution in [0.5, 0.6) is 11.5 Å². The standard InChI is InChI=1S/C25H21N3O4/c1-16-7-6-8-19(13-16)25(30)32-22-12-11-18(14-23(22)31-3)15-26-28-17(2)27-21-10-5-4-9-20(21)24(28)29/h4-15H,1-3H3. The van der Waals surface area contributed by atoms with Gasteiger partial charge in [0.2, 0.25) is 0 Å². The lowest BCUT2D eigenvalue weighted by molar-refractivity contribution is 0.0729. The number of hydrogen-bond acceptors (Lipinski definition) is 6. The highest BCUT2D eigenvalue weighted by atomic mass is 16.6. The number of para-hydroxylation sites is 1. The van der Waals surface area contributed by atoms with Crippen LogP contribution in [0.4, 0.5) is 0 Å². The maximum absolute atomic E-state index is 12.8. The lowest BCUT2D eigenvalue weighted by Gasteiger charge is -2.10. The number of methoxy groups -OCH3 is 1. The highest BCUT2D eigenvalue weighted by Gasteiger charge is 2.13. The van der Waals surface area contributed by atoms with Gasteiger partial charge in [0.1, 0.15) is 5.82 Å². The molecule has 0 amide bonds. The van der Waals surface area contributed by atoms with E-state index < -0.39 is 5.97 Å². The zero-order chi connectivity index (χ0) is 22.7. The minimum absolute atomic E-state index is 0.250. The van der Waals surface area contributed by atoms with Gasteiger partial charge in [0.05, 0.1) is 29.8 Å². The van der Waals surface area contributed by atoms with Gasteiger partial charge >= 0.3 is 5.97 Å². The van der Waals surface area contributed by atoms with E-state index in [1.165, 1.54) is 18.0 Å². The number of rotatable bonds is 5. The van der Waals surface area contributed by atoms with Crippen LogP contribution in [0.25, 0.3) is 10.9 Å². The molecule has 0 unspecified atom stereocenters. The van der Waals surface area contributed by atoms with Gasteiger partial charge in [0, 0.05) is 0 Å². The maximum atomic E-state index is 12.8. The smallest absolute Gasteiger partial charge is 0.343 e. The Labute approximate surface area is 184 Å². The van der Waals surface area contributed by atoms with Gasteiger partial charge in [-0.25, -0.2) is 9.78 Å². The molecule has 0 aliphatic rings. The summed E-state index contributed by atoms with van der Waals surface area (Å²) in [6.45, 7) is 3.63. The first-order valence-corrected chi connectivity index (χ1v) is 9.96. The Balaban J connectivity index is 1.61. The number of hydrogen-bond donors (Lipinski definition) is 0. The molecule has 0 radical (unpaired) electrons. The number of carbonyl (C=O) groups is 1. The van der Waals surface area contributed by atoms with E-state index in [9.17, 15) is 9.59 Å². The van der Waals surface area contributed by atoms with Crippen LogP contribution in [0.15, 0.2) is 76.6 Å². The van der Waals surface area contributed by atoms with Gasteiger partial charge in [0.15, 0.2) is 11.5 Å². The average Bonchev–Trinajstić information content (AvgIpc) is 2.79. The molecule has 32 heavy (non-hydrogen) atoms. The molecule has 1 aromatic heterocycles. The second kappa shape index (κ2) is 8.85. The fraction of sp³-hybridized carbons (Fsp3) is 0.120. The van der Waals surface area contributed by atoms with Crippen LogP contribution in [-0.2, 0) is 0 Å². The molecule has 1 heterocycles. The number of aryl methyl sites for hydroxylation is 2. The van der Waals surface area contributed by atoms with E-state index in [1.807, 2.05) is 19.1 Å². The minimum atomic E-state index is -0.474. The van der Waals surface area contributed by atoms with Crippen molar-refractivity contribution in [3.05, 3.63) is 99.6 Å². The van der Waals surface area contributed by atoms with Crippen LogP contribution in [0.2, 0.25) is 0 Å². The van der Waals surface area contributed by atoms with Crippen molar-refractivity contribution in [2.45, 2.75) is 13.8 Å². The van der Waals surface area contributed by atoms with Crippen molar-refractivity contribution in [1.29, 1.82) is 0 Å². The van der Waals surface area contributed by atoms with E-state index in [4.69, 9.17) is 9.47 Å². The fourth-order valence-electron chi connectivity index (χ4n) is 3.27. The van der Waals surface area contributed by atoms with Crippen LogP contribution < -0.4 is 15.0 Å². The number of nitrogens with zero attached hydrogens (tertiary/aromatic N) is 3. The Kier molecular flexibility index (Phi) is 5.81. The molecular weight excluding hydrogens is 406 g/mol. The molecule has 3 aromatic carbocycles. The molecule has 4 aromatic rings. The normalized spacial score (nSPS) is 11.1. The molecule has 0 atom stereocenters. The lowest BCUT2D eigenvalue weighted by atomic mass is 10.1. The van der Waals surface area contributed by atoms with Crippen molar-refractivity contribution >= 4 is 23.1 Å². The Morgan fingerprint density at radius 1 is 1.00 bits per heavy atom. The third-order valence-electron chi connectivity index (χ3n) is 4.88. The van der Waals surface area contributed by atoms with E-state index in [0.717, 1.165) is 5.56 Å². The van der Waals surface area contributed by atoms with Crippen molar-refractivity contribution in [3.8, 4) is 11.5 Å². The molecule has 0 saturated heterocycles. The molecule has 0 saturated carbocycles. The summed E-state index contributed by atoms with van der Waals surface area (Å²) >= 11 is 0. The summed E-state index contributed by atoms with van der Waals surface area (Å²) in [5.41, 5.74) is 2.46. The Morgan fingerprint density at radius 3 is 2.59 bits per heavy atom. The topological polar surface area (TPSA) is 82.8 Å². The van der Waals surface area contributed by atoms with Crippen LogP contribution in [-0.4, -0.2) is 29.0 Å². The average molecular weight is 427 g/mol. The first kappa shape index (κ1) is 21.0. The van der Waals surface area contributed by atoms with Gasteiger partial charge in [-0.1, -0.05) is 29.8 Å². The third kappa shape index (κ3) is 4.27. The molecule has 4 rings (SSSR count). The molecule has 0 aliphatic heterocycles. The SMILES string of the molecule is COc1cc(C=Nn2c(C)nc3ccccc3c2=O)ccc1OC(=O)c1cccc(C)c1. The summed E-state index contributed by atoms with van der Waals surface area (Å²) in [7, 11) is 1.49. The van der Waals surface area contributed by atoms with Crippen LogP contribution in [0.3, 0.4) is 0 Å². The summed E-state index contributed by atoms with van der Waals surface area (Å²) in [6, 6.07) is 19.3. The van der Waals surface area contributed by atoms with E-state index in [1.54, 1.807) is 61.5 Å². The molecule has 160 valence electrons. The highest BCUT2D eigenvalue weighted by Crippen LogP contribution is 2.28. The Morgan fingerprint density at radius 2 is 1.81 bits per heavy atom. The first-order chi connectivity index (χ1) is 15.5. The van der Waals surface area contributed by atoms with E-state index >= 15 is 0 Å². The molecule has 7 heteroatoms. The monoisotopic (exact) mass is 427 g/mol. The first-order valence-electron chi connectivity index (χ1n) is 9.96. The third-order valence-corrected chi connectivity index (χ3v) is 4.88. The van der Waals surface area contributed by atoms with Gasteiger partial charge < -0.3 is 9.47 Å². The van der Waals surface area contributed by atoms with Gasteiger partial charge in [-0.3, -0.25) is 4.79 Å². The van der Waals surface area contributed by atoms with Crippen LogP contribution in [0, 0.1) is 13.8 Å². The number of benzene rings is 3. The van der Waals surface area contributed by atoms with Gasteiger partial charge in [-0.15, -0.1) is 0 Å². The molecule has 7 nitrogen and oxygen atoms in total. The van der Waals surface area contributed by atoms with Crippen LogP contribution in [0.1, 0.15) is 27.3 Å². The number of ether oxygens (including phenoxy) is 2. The summed E-state index contributed by atoms with van der Waals surface area (Å²) in [4.78, 5) is 29.6. The Bertz CT molecular complexity index is 1410. The fourth-order valence-corrected chi connectivity index (χ4v) is 3.27. The molecule has 0 aliphatic carbocycles.